The van der Waals surface area contributed by atoms with E-state index < -0.39 is 53.0 Å². The third-order valence-electron chi connectivity index (χ3n) is 4.86. The molecule has 4 aromatic rings. The van der Waals surface area contributed by atoms with Crippen molar-refractivity contribution in [2.75, 3.05) is 0 Å². The number of phenols is 2. The minimum atomic E-state index is -4.72. The molecule has 0 aromatic heterocycles. The molecule has 0 saturated heterocycles. The summed E-state index contributed by atoms with van der Waals surface area (Å²) in [6, 6.07) is 11.6. The molecule has 0 atom stereocenters. The second-order valence-electron chi connectivity index (χ2n) is 7.87. The first-order valence-electron chi connectivity index (χ1n) is 10.9. The van der Waals surface area contributed by atoms with Gasteiger partial charge in [0.2, 0.25) is 0 Å². The molecule has 4 aromatic carbocycles. The van der Waals surface area contributed by atoms with Gasteiger partial charge in [-0.25, -0.2) is 16.8 Å². The largest absolute Gasteiger partial charge is 3.00 e. The zero-order valence-corrected chi connectivity index (χ0v) is 23.8. The predicted octanol–water partition coefficient (Wildman–Crippen LogP) is 2.05. The van der Waals surface area contributed by atoms with Gasteiger partial charge in [0.15, 0.2) is 0 Å². The number of nitrogens with zero attached hydrogens (tertiary/aromatic N) is 4. The molecule has 0 saturated carbocycles. The van der Waals surface area contributed by atoms with Crippen LogP contribution in [0.5, 0.6) is 34.5 Å². The zero-order chi connectivity index (χ0) is 31.2. The Hall–Kier alpha value is -4.77. The maximum absolute atomic E-state index is 11.5. The third-order valence-corrected chi connectivity index (χ3v) is 6.52. The Kier molecular flexibility index (Phi) is 11.2. The molecule has 0 bridgehead atoms. The molecule has 223 valence electrons. The Balaban J connectivity index is 0. The Morgan fingerprint density at radius 1 is 0.488 bits per heavy atom. The average molecular weight is 670 g/mol. The molecule has 0 heterocycles. The molecule has 0 fully saturated rings. The van der Waals surface area contributed by atoms with Gasteiger partial charge in [-0.2, -0.15) is 20.5 Å². The van der Waals surface area contributed by atoms with Crippen LogP contribution in [0.2, 0.25) is 0 Å². The zero-order valence-electron chi connectivity index (χ0n) is 23.9. The van der Waals surface area contributed by atoms with Gasteiger partial charge < -0.3 is 39.7 Å². The van der Waals surface area contributed by atoms with Crippen LogP contribution in [-0.4, -0.2) is 36.2 Å². The van der Waals surface area contributed by atoms with Gasteiger partial charge in [-0.3, -0.25) is 0 Å². The monoisotopic (exact) mass is 669 g/mol. The molecule has 2 N–H and O–H groups in total. The molecule has 1 radical (unpaired) electrons. The van der Waals surface area contributed by atoms with Crippen molar-refractivity contribution >= 4 is 43.0 Å². The molecule has 16 nitrogen and oxygen atoms in total. The van der Waals surface area contributed by atoms with Crippen molar-refractivity contribution in [1.82, 2.24) is 0 Å². The van der Waals surface area contributed by atoms with E-state index in [0.717, 1.165) is 48.5 Å². The summed E-state index contributed by atoms with van der Waals surface area (Å²) in [4.78, 5) is -1.24. The van der Waals surface area contributed by atoms with Gasteiger partial charge in [0.05, 0.1) is 32.5 Å². The summed E-state index contributed by atoms with van der Waals surface area (Å²) in [5.74, 6) is -3.06. The summed E-state index contributed by atoms with van der Waals surface area (Å²) in [5, 5.41) is 77.9. The summed E-state index contributed by atoms with van der Waals surface area (Å²) in [6.45, 7) is 0. The van der Waals surface area contributed by atoms with E-state index in [9.17, 15) is 46.4 Å². The van der Waals surface area contributed by atoms with Crippen molar-refractivity contribution in [2.45, 2.75) is 9.79 Å². The molecule has 0 aliphatic carbocycles. The molecule has 0 aliphatic rings. The van der Waals surface area contributed by atoms with Crippen molar-refractivity contribution in [1.29, 1.82) is 0 Å². The summed E-state index contributed by atoms with van der Waals surface area (Å²) >= 11 is 0. The van der Waals surface area contributed by atoms with Gasteiger partial charge >= 0.3 is 21.6 Å². The van der Waals surface area contributed by atoms with Gasteiger partial charge in [0.1, 0.15) is 31.7 Å². The van der Waals surface area contributed by atoms with Crippen LogP contribution >= 0.6 is 0 Å². The van der Waals surface area contributed by atoms with Crippen molar-refractivity contribution in [2.24, 2.45) is 20.5 Å². The molecule has 0 amide bonds. The summed E-state index contributed by atoms with van der Waals surface area (Å²) in [7, 11) is -9.45. The number of aromatic hydroxyl groups is 2. The fourth-order valence-corrected chi connectivity index (χ4v) is 3.83. The van der Waals surface area contributed by atoms with Crippen molar-refractivity contribution in [3.63, 3.8) is 0 Å². The molecule has 0 unspecified atom stereocenters. The van der Waals surface area contributed by atoms with Crippen LogP contribution in [0.4, 0.5) is 22.7 Å². The van der Waals surface area contributed by atoms with Gasteiger partial charge in [0, 0.05) is 0 Å². The van der Waals surface area contributed by atoms with E-state index in [1.165, 1.54) is 24.3 Å². The van der Waals surface area contributed by atoms with Crippen LogP contribution in [0.25, 0.3) is 0 Å². The van der Waals surface area contributed by atoms with Gasteiger partial charge in [-0.05, 0) is 60.7 Å². The van der Waals surface area contributed by atoms with Crippen LogP contribution in [0.15, 0.2) is 103 Å². The quantitative estimate of drug-likeness (QED) is 0.220. The van der Waals surface area contributed by atoms with Crippen LogP contribution in [-0.2, 0) is 37.6 Å². The Labute approximate surface area is 258 Å². The standard InChI is InChI=1S/2C12H10N2O6S.Cr/c2*15-7-1-3-9(12(17)5-7)13-14-10-6-8(21(18,19)20)2-4-11(10)16;/h2*1-6,15-17H,(H,18,19,20);/q;;+3/p-3. The maximum atomic E-state index is 11.5. The minimum absolute atomic E-state index is 0. The maximum Gasteiger partial charge on any atom is 3.00 e. The third kappa shape index (κ3) is 9.64. The van der Waals surface area contributed by atoms with Crippen molar-refractivity contribution < 1.29 is 78.2 Å². The van der Waals surface area contributed by atoms with E-state index in [-0.39, 0.29) is 55.9 Å². The first-order chi connectivity index (χ1) is 19.5. The number of hydrogen-bond acceptors (Lipinski definition) is 16. The Morgan fingerprint density at radius 3 is 1.12 bits per heavy atom. The first-order valence-corrected chi connectivity index (χ1v) is 13.7. The van der Waals surface area contributed by atoms with Gasteiger partial charge in [0.25, 0.3) is 0 Å². The Morgan fingerprint density at radius 2 is 0.814 bits per heavy atom. The number of hydrogen-bond donors (Lipinski definition) is 2. The number of rotatable bonds is 6. The van der Waals surface area contributed by atoms with Gasteiger partial charge in [-0.15, -0.1) is 0 Å². The van der Waals surface area contributed by atoms with Crippen molar-refractivity contribution in [3.05, 3.63) is 72.8 Å². The van der Waals surface area contributed by atoms with Crippen LogP contribution in [0, 0.1) is 0 Å². The van der Waals surface area contributed by atoms with Crippen molar-refractivity contribution in [3.8, 4) is 34.5 Å². The number of phenolic OH excluding ortho intramolecular Hbond substituents is 2. The second-order valence-corrected chi connectivity index (χ2v) is 10.6. The molecule has 0 aliphatic heterocycles. The normalized spacial score (nSPS) is 11.6. The second kappa shape index (κ2) is 13.9. The fraction of sp³-hybridized carbons (Fsp3) is 0. The predicted molar refractivity (Wildman–Crippen MR) is 134 cm³/mol. The SMILES string of the molecule is O=S(=O)([O-])c1ccc([O-])c(N=Nc2ccc(O)cc2[O-])c1.O=S(=O)([O-])c1ccc([O-])c(N=Nc2ccc(O)cc2[O-])c1.[Cr+3].[H+].[H+].[H+]. The molecular formula is C24H17CrN4O12S2. The average Bonchev–Trinajstić information content (AvgIpc) is 2.88. The number of azo groups is 2. The summed E-state index contributed by atoms with van der Waals surface area (Å²) in [5.41, 5.74) is -1.08. The first kappa shape index (κ1) is 34.4. The molecule has 19 heteroatoms. The van der Waals surface area contributed by atoms with E-state index >= 15 is 0 Å². The van der Waals surface area contributed by atoms with Crippen LogP contribution in [0.3, 0.4) is 0 Å². The fourth-order valence-electron chi connectivity index (χ4n) is 2.85. The Bertz CT molecular complexity index is 1790. The minimum Gasteiger partial charge on any atom is -0.871 e. The van der Waals surface area contributed by atoms with Crippen LogP contribution in [0.1, 0.15) is 4.28 Å². The number of benzene rings is 4. The smallest absolute Gasteiger partial charge is 0.871 e. The van der Waals surface area contributed by atoms with E-state index in [2.05, 4.69) is 20.5 Å². The van der Waals surface area contributed by atoms with E-state index in [1.54, 1.807) is 0 Å². The van der Waals surface area contributed by atoms with E-state index in [4.69, 9.17) is 10.2 Å². The van der Waals surface area contributed by atoms with Gasteiger partial charge in [-0.1, -0.05) is 35.1 Å². The molecule has 0 spiro atoms. The topological polar surface area (TPSA) is 297 Å². The molecule has 43 heavy (non-hydrogen) atoms. The molecular weight excluding hydrogens is 652 g/mol. The molecule has 4 rings (SSSR count). The van der Waals surface area contributed by atoms with E-state index in [1.807, 2.05) is 0 Å². The van der Waals surface area contributed by atoms with Crippen LogP contribution < -0.4 is 20.4 Å². The summed E-state index contributed by atoms with van der Waals surface area (Å²) < 4.78 is 65.1. The summed E-state index contributed by atoms with van der Waals surface area (Å²) in [6.07, 6.45) is 0. The van der Waals surface area contributed by atoms with E-state index in [0.29, 0.717) is 0 Å².